The maximum Gasteiger partial charge on any atom is 0.323 e. The minimum atomic E-state index is -0.158. The summed E-state index contributed by atoms with van der Waals surface area (Å²) in [6, 6.07) is 5.36. The molecule has 0 radical (unpaired) electrons. The Morgan fingerprint density at radius 2 is 2.35 bits per heavy atom. The Bertz CT molecular complexity index is 459. The van der Waals surface area contributed by atoms with Gasteiger partial charge in [-0.05, 0) is 25.5 Å². The molecule has 2 rings (SSSR count). The number of anilines is 1. The third-order valence-corrected chi connectivity index (χ3v) is 2.79. The van der Waals surface area contributed by atoms with Gasteiger partial charge in [-0.15, -0.1) is 0 Å². The molecule has 0 atom stereocenters. The molecule has 1 aliphatic rings. The summed E-state index contributed by atoms with van der Waals surface area (Å²) < 4.78 is 0. The summed E-state index contributed by atoms with van der Waals surface area (Å²) in [7, 11) is 0. The molecule has 0 aliphatic carbocycles. The Balaban J connectivity index is 2.00. The van der Waals surface area contributed by atoms with E-state index in [0.717, 1.165) is 12.1 Å². The van der Waals surface area contributed by atoms with E-state index in [1.54, 1.807) is 11.0 Å². The Hall–Kier alpha value is -1.55. The van der Waals surface area contributed by atoms with E-state index in [2.05, 4.69) is 10.3 Å². The summed E-state index contributed by atoms with van der Waals surface area (Å²) >= 11 is 5.91. The number of amides is 2. The van der Waals surface area contributed by atoms with Crippen LogP contribution in [0.25, 0.3) is 0 Å². The van der Waals surface area contributed by atoms with E-state index in [4.69, 9.17) is 11.6 Å². The molecule has 0 fully saturated rings. The lowest BCUT2D eigenvalue weighted by atomic mass is 10.2. The highest BCUT2D eigenvalue weighted by Gasteiger charge is 2.17. The van der Waals surface area contributed by atoms with Crippen molar-refractivity contribution in [2.75, 3.05) is 18.4 Å². The third kappa shape index (κ3) is 3.20. The average Bonchev–Trinajstić information content (AvgIpc) is 2.29. The highest BCUT2D eigenvalue weighted by atomic mass is 35.5. The second kappa shape index (κ2) is 5.19. The molecule has 17 heavy (non-hydrogen) atoms. The van der Waals surface area contributed by atoms with Crippen LogP contribution >= 0.6 is 11.6 Å². The van der Waals surface area contributed by atoms with Gasteiger partial charge in [0.25, 0.3) is 0 Å². The van der Waals surface area contributed by atoms with E-state index in [-0.39, 0.29) is 6.03 Å². The number of hydrogen-bond donors (Lipinski definition) is 1. The Kier molecular flexibility index (Phi) is 3.64. The Labute approximate surface area is 105 Å². The molecule has 2 heterocycles. The van der Waals surface area contributed by atoms with Crippen molar-refractivity contribution in [2.45, 2.75) is 13.3 Å². The number of aryl methyl sites for hydroxylation is 1. The fourth-order valence-electron chi connectivity index (χ4n) is 1.68. The average molecular weight is 252 g/mol. The molecule has 0 spiro atoms. The van der Waals surface area contributed by atoms with Crippen LogP contribution in [0, 0.1) is 6.92 Å². The molecule has 2 amide bonds. The van der Waals surface area contributed by atoms with Gasteiger partial charge in [0.1, 0.15) is 5.82 Å². The van der Waals surface area contributed by atoms with E-state index in [9.17, 15) is 4.79 Å². The van der Waals surface area contributed by atoms with Gasteiger partial charge in [0, 0.05) is 17.3 Å². The van der Waals surface area contributed by atoms with Gasteiger partial charge in [-0.3, -0.25) is 5.32 Å². The fourth-order valence-corrected chi connectivity index (χ4v) is 1.93. The van der Waals surface area contributed by atoms with E-state index in [0.29, 0.717) is 23.9 Å². The van der Waals surface area contributed by atoms with Crippen molar-refractivity contribution in [1.29, 1.82) is 0 Å². The topological polar surface area (TPSA) is 45.2 Å². The molecule has 0 saturated heterocycles. The van der Waals surface area contributed by atoms with Gasteiger partial charge in [0.05, 0.1) is 6.54 Å². The highest BCUT2D eigenvalue weighted by Crippen LogP contribution is 2.14. The smallest absolute Gasteiger partial charge is 0.319 e. The zero-order chi connectivity index (χ0) is 12.3. The lowest BCUT2D eigenvalue weighted by Gasteiger charge is -2.25. The van der Waals surface area contributed by atoms with Crippen LogP contribution in [0.2, 0.25) is 0 Å². The van der Waals surface area contributed by atoms with Crippen molar-refractivity contribution in [2.24, 2.45) is 0 Å². The first-order valence-corrected chi connectivity index (χ1v) is 5.87. The number of urea groups is 1. The number of nitrogens with one attached hydrogen (secondary N) is 1. The highest BCUT2D eigenvalue weighted by molar-refractivity contribution is 6.30. The lowest BCUT2D eigenvalue weighted by Crippen LogP contribution is -2.38. The number of nitrogens with zero attached hydrogens (tertiary/aromatic N) is 2. The number of halogens is 1. The molecule has 5 heteroatoms. The summed E-state index contributed by atoms with van der Waals surface area (Å²) in [6.45, 7) is 3.04. The van der Waals surface area contributed by atoms with Gasteiger partial charge in [0.15, 0.2) is 0 Å². The number of aromatic nitrogens is 1. The first kappa shape index (κ1) is 11.9. The van der Waals surface area contributed by atoms with E-state index in [1.807, 2.05) is 25.1 Å². The Morgan fingerprint density at radius 3 is 3.06 bits per heavy atom. The van der Waals surface area contributed by atoms with E-state index in [1.165, 1.54) is 0 Å². The first-order valence-electron chi connectivity index (χ1n) is 5.49. The number of carbonyl (C=O) groups is 1. The lowest BCUT2D eigenvalue weighted by molar-refractivity contribution is 0.216. The number of carbonyl (C=O) groups excluding carboxylic acids is 1. The summed E-state index contributed by atoms with van der Waals surface area (Å²) in [4.78, 5) is 17.8. The predicted molar refractivity (Wildman–Crippen MR) is 68.1 cm³/mol. The van der Waals surface area contributed by atoms with Gasteiger partial charge in [0.2, 0.25) is 0 Å². The maximum atomic E-state index is 11.9. The number of hydrogen-bond acceptors (Lipinski definition) is 2. The maximum absolute atomic E-state index is 11.9. The summed E-state index contributed by atoms with van der Waals surface area (Å²) in [5, 5.41) is 3.47. The van der Waals surface area contributed by atoms with Crippen molar-refractivity contribution >= 4 is 23.4 Å². The van der Waals surface area contributed by atoms with Gasteiger partial charge in [-0.1, -0.05) is 23.7 Å². The van der Waals surface area contributed by atoms with Crippen LogP contribution in [0.1, 0.15) is 12.1 Å². The predicted octanol–water partition coefficient (Wildman–Crippen LogP) is 2.75. The normalized spacial score (nSPS) is 15.4. The fraction of sp³-hybridized carbons (Fsp3) is 0.333. The van der Waals surface area contributed by atoms with Crippen molar-refractivity contribution < 1.29 is 4.79 Å². The standard InChI is InChI=1S/C12H14ClN3O/c1-9-4-2-6-11(14-9)15-12(17)16-7-3-5-10(13)8-16/h2,4-6H,3,7-8H2,1H3,(H,14,15,17). The third-order valence-electron chi connectivity index (χ3n) is 2.52. The molecule has 0 unspecified atom stereocenters. The van der Waals surface area contributed by atoms with Crippen molar-refractivity contribution in [3.63, 3.8) is 0 Å². The first-order chi connectivity index (χ1) is 8.15. The number of rotatable bonds is 1. The minimum absolute atomic E-state index is 0.158. The van der Waals surface area contributed by atoms with Crippen LogP contribution in [0.3, 0.4) is 0 Å². The monoisotopic (exact) mass is 251 g/mol. The van der Waals surface area contributed by atoms with Gasteiger partial charge in [-0.25, -0.2) is 9.78 Å². The molecule has 1 aromatic heterocycles. The van der Waals surface area contributed by atoms with Gasteiger partial charge >= 0.3 is 6.03 Å². The molecular formula is C12H14ClN3O. The van der Waals surface area contributed by atoms with Crippen LogP contribution in [-0.2, 0) is 0 Å². The Morgan fingerprint density at radius 1 is 1.53 bits per heavy atom. The summed E-state index contributed by atoms with van der Waals surface area (Å²) in [5.41, 5.74) is 0.874. The molecule has 0 aromatic carbocycles. The second-order valence-electron chi connectivity index (χ2n) is 3.96. The van der Waals surface area contributed by atoms with Crippen molar-refractivity contribution in [3.8, 4) is 0 Å². The minimum Gasteiger partial charge on any atom is -0.319 e. The van der Waals surface area contributed by atoms with Gasteiger partial charge in [-0.2, -0.15) is 0 Å². The summed E-state index contributed by atoms with van der Waals surface area (Å²) in [5.74, 6) is 0.570. The van der Waals surface area contributed by atoms with Crippen LogP contribution in [0.4, 0.5) is 10.6 Å². The number of pyridine rings is 1. The van der Waals surface area contributed by atoms with Crippen LogP contribution < -0.4 is 5.32 Å². The SMILES string of the molecule is Cc1cccc(NC(=O)N2CCC=C(Cl)C2)n1. The molecule has 0 bridgehead atoms. The molecular weight excluding hydrogens is 238 g/mol. The molecule has 90 valence electrons. The largest absolute Gasteiger partial charge is 0.323 e. The van der Waals surface area contributed by atoms with Crippen molar-refractivity contribution in [3.05, 3.63) is 35.0 Å². The molecule has 4 nitrogen and oxygen atoms in total. The van der Waals surface area contributed by atoms with Crippen LogP contribution in [0.5, 0.6) is 0 Å². The van der Waals surface area contributed by atoms with Gasteiger partial charge < -0.3 is 4.90 Å². The molecule has 1 N–H and O–H groups in total. The van der Waals surface area contributed by atoms with Crippen LogP contribution in [-0.4, -0.2) is 29.0 Å². The molecule has 1 aromatic rings. The zero-order valence-electron chi connectivity index (χ0n) is 9.61. The van der Waals surface area contributed by atoms with E-state index >= 15 is 0 Å². The molecule has 1 aliphatic heterocycles. The van der Waals surface area contributed by atoms with Crippen molar-refractivity contribution in [1.82, 2.24) is 9.88 Å². The quantitative estimate of drug-likeness (QED) is 0.834. The zero-order valence-corrected chi connectivity index (χ0v) is 10.4. The van der Waals surface area contributed by atoms with Crippen LogP contribution in [0.15, 0.2) is 29.3 Å². The van der Waals surface area contributed by atoms with E-state index < -0.39 is 0 Å². The second-order valence-corrected chi connectivity index (χ2v) is 4.44. The summed E-state index contributed by atoms with van der Waals surface area (Å²) in [6.07, 6.45) is 2.74. The molecule has 0 saturated carbocycles.